The fourth-order valence-corrected chi connectivity index (χ4v) is 1.57. The topological polar surface area (TPSA) is 43.4 Å². The third kappa shape index (κ3) is 3.36. The van der Waals surface area contributed by atoms with E-state index in [1.54, 1.807) is 0 Å². The largest absolute Gasteiger partial charge is 0.457 e. The van der Waals surface area contributed by atoms with Crippen molar-refractivity contribution < 1.29 is 17.5 Å². The molecule has 1 atom stereocenters. The van der Waals surface area contributed by atoms with Crippen molar-refractivity contribution >= 4 is 9.84 Å². The lowest BCUT2D eigenvalue weighted by Gasteiger charge is -2.07. The van der Waals surface area contributed by atoms with Gasteiger partial charge in [0.1, 0.15) is 5.75 Å². The first-order chi connectivity index (χ1) is 6.93. The third-order valence-corrected chi connectivity index (χ3v) is 2.81. The molecule has 1 aromatic rings. The van der Waals surface area contributed by atoms with Gasteiger partial charge in [0, 0.05) is 6.26 Å². The van der Waals surface area contributed by atoms with E-state index in [-0.39, 0.29) is 10.6 Å². The van der Waals surface area contributed by atoms with Gasteiger partial charge in [0.05, 0.1) is 4.90 Å². The molecule has 0 bridgehead atoms. The van der Waals surface area contributed by atoms with Gasteiger partial charge >= 0.3 is 0 Å². The molecule has 0 saturated carbocycles. The Morgan fingerprint density at radius 2 is 1.93 bits per heavy atom. The number of hydrogen-bond acceptors (Lipinski definition) is 3. The zero-order chi connectivity index (χ0) is 11.5. The van der Waals surface area contributed by atoms with Gasteiger partial charge in [-0.15, -0.1) is 0 Å². The van der Waals surface area contributed by atoms with Crippen LogP contribution in [0.1, 0.15) is 0 Å². The highest BCUT2D eigenvalue weighted by molar-refractivity contribution is 7.90. The molecule has 5 heteroatoms. The number of ether oxygens (including phenoxy) is 1. The van der Waals surface area contributed by atoms with E-state index in [0.717, 1.165) is 12.3 Å². The van der Waals surface area contributed by atoms with E-state index in [0.29, 0.717) is 0 Å². The van der Waals surface area contributed by atoms with Gasteiger partial charge in [-0.1, -0.05) is 6.58 Å². The smallest absolute Gasteiger partial charge is 0.257 e. The average molecular weight is 230 g/mol. The Morgan fingerprint density at radius 3 is 2.33 bits per heavy atom. The molecule has 0 heterocycles. The van der Waals surface area contributed by atoms with E-state index in [1.807, 2.05) is 0 Å². The summed E-state index contributed by atoms with van der Waals surface area (Å²) >= 11 is 0. The van der Waals surface area contributed by atoms with Crippen molar-refractivity contribution in [2.45, 2.75) is 11.3 Å². The molecule has 0 N–H and O–H groups in total. The summed E-state index contributed by atoms with van der Waals surface area (Å²) in [5, 5.41) is 0. The lowest BCUT2D eigenvalue weighted by Crippen LogP contribution is -2.05. The SMILES string of the molecule is C=CC(F)Oc1ccc(S(C)(=O)=O)cc1. The van der Waals surface area contributed by atoms with Crippen molar-refractivity contribution in [3.05, 3.63) is 36.9 Å². The summed E-state index contributed by atoms with van der Waals surface area (Å²) in [4.78, 5) is 0.170. The number of hydrogen-bond donors (Lipinski definition) is 0. The first-order valence-electron chi connectivity index (χ1n) is 4.17. The van der Waals surface area contributed by atoms with Crippen LogP contribution >= 0.6 is 0 Å². The molecule has 15 heavy (non-hydrogen) atoms. The van der Waals surface area contributed by atoms with E-state index in [2.05, 4.69) is 6.58 Å². The summed E-state index contributed by atoms with van der Waals surface area (Å²) in [6, 6.07) is 5.51. The number of rotatable bonds is 4. The fraction of sp³-hybridized carbons (Fsp3) is 0.200. The van der Waals surface area contributed by atoms with Crippen LogP contribution in [0.15, 0.2) is 41.8 Å². The van der Waals surface area contributed by atoms with Crippen LogP contribution in [0.3, 0.4) is 0 Å². The zero-order valence-corrected chi connectivity index (χ0v) is 9.00. The Kier molecular flexibility index (Phi) is 3.47. The maximum atomic E-state index is 12.7. The number of sulfone groups is 1. The highest BCUT2D eigenvalue weighted by Gasteiger charge is 2.07. The van der Waals surface area contributed by atoms with E-state index in [9.17, 15) is 12.8 Å². The molecule has 0 amide bonds. The normalized spacial score (nSPS) is 13.2. The fourth-order valence-electron chi connectivity index (χ4n) is 0.944. The average Bonchev–Trinajstić information content (AvgIpc) is 2.17. The van der Waals surface area contributed by atoms with E-state index < -0.39 is 16.2 Å². The lowest BCUT2D eigenvalue weighted by atomic mass is 10.3. The van der Waals surface area contributed by atoms with Gasteiger partial charge in [-0.05, 0) is 30.3 Å². The van der Waals surface area contributed by atoms with Crippen LogP contribution in [-0.2, 0) is 9.84 Å². The summed E-state index contributed by atoms with van der Waals surface area (Å²) in [6.45, 7) is 3.22. The Labute approximate surface area is 88.1 Å². The summed E-state index contributed by atoms with van der Waals surface area (Å²) in [6.07, 6.45) is 0.517. The third-order valence-electron chi connectivity index (χ3n) is 1.69. The molecule has 0 aliphatic carbocycles. The van der Waals surface area contributed by atoms with Crippen molar-refractivity contribution in [2.75, 3.05) is 6.26 Å². The van der Waals surface area contributed by atoms with Crippen LogP contribution in [0.25, 0.3) is 0 Å². The molecule has 0 aromatic heterocycles. The predicted molar refractivity (Wildman–Crippen MR) is 55.3 cm³/mol. The molecular formula is C10H11FO3S. The van der Waals surface area contributed by atoms with Crippen LogP contribution in [0.4, 0.5) is 4.39 Å². The molecule has 82 valence electrons. The summed E-state index contributed by atoms with van der Waals surface area (Å²) in [7, 11) is -3.22. The minimum atomic E-state index is -3.22. The summed E-state index contributed by atoms with van der Waals surface area (Å²) < 4.78 is 39.6. The van der Waals surface area contributed by atoms with Crippen molar-refractivity contribution in [2.24, 2.45) is 0 Å². The molecule has 0 saturated heterocycles. The van der Waals surface area contributed by atoms with E-state index in [4.69, 9.17) is 4.74 Å². The molecule has 1 unspecified atom stereocenters. The van der Waals surface area contributed by atoms with Crippen LogP contribution in [0, 0.1) is 0 Å². The highest BCUT2D eigenvalue weighted by Crippen LogP contribution is 2.17. The van der Waals surface area contributed by atoms with Crippen molar-refractivity contribution in [3.8, 4) is 5.75 Å². The Hall–Kier alpha value is -1.36. The maximum Gasteiger partial charge on any atom is 0.257 e. The molecule has 1 aromatic carbocycles. The number of benzene rings is 1. The predicted octanol–water partition coefficient (Wildman–Crippen LogP) is 1.95. The van der Waals surface area contributed by atoms with Crippen molar-refractivity contribution in [1.29, 1.82) is 0 Å². The second kappa shape index (κ2) is 4.44. The standard InChI is InChI=1S/C10H11FO3S/c1-3-10(11)14-8-4-6-9(7-5-8)15(2,12)13/h3-7,10H,1H2,2H3. The maximum absolute atomic E-state index is 12.7. The minimum absolute atomic E-state index is 0.170. The Morgan fingerprint density at radius 1 is 1.40 bits per heavy atom. The molecule has 0 aliphatic rings. The van der Waals surface area contributed by atoms with Crippen molar-refractivity contribution in [3.63, 3.8) is 0 Å². The van der Waals surface area contributed by atoms with Gasteiger partial charge in [-0.2, -0.15) is 4.39 Å². The monoisotopic (exact) mass is 230 g/mol. The lowest BCUT2D eigenvalue weighted by molar-refractivity contribution is 0.114. The first-order valence-corrected chi connectivity index (χ1v) is 6.06. The minimum Gasteiger partial charge on any atom is -0.457 e. The van der Waals surface area contributed by atoms with Crippen LogP contribution in [0.5, 0.6) is 5.75 Å². The van der Waals surface area contributed by atoms with Crippen LogP contribution < -0.4 is 4.74 Å². The van der Waals surface area contributed by atoms with Crippen molar-refractivity contribution in [1.82, 2.24) is 0 Å². The first kappa shape index (κ1) is 11.7. The van der Waals surface area contributed by atoms with Gasteiger partial charge in [0.15, 0.2) is 9.84 Å². The summed E-state index contributed by atoms with van der Waals surface area (Å²) in [5.74, 6) is 0.259. The van der Waals surface area contributed by atoms with E-state index in [1.165, 1.54) is 24.3 Å². The molecule has 0 fully saturated rings. The van der Waals surface area contributed by atoms with Gasteiger partial charge in [-0.25, -0.2) is 8.42 Å². The number of halogens is 1. The Bertz CT molecular complexity index is 436. The molecule has 3 nitrogen and oxygen atoms in total. The zero-order valence-electron chi connectivity index (χ0n) is 8.18. The summed E-state index contributed by atoms with van der Waals surface area (Å²) in [5.41, 5.74) is 0. The quantitative estimate of drug-likeness (QED) is 0.742. The second-order valence-electron chi connectivity index (χ2n) is 2.95. The van der Waals surface area contributed by atoms with Gasteiger partial charge in [-0.3, -0.25) is 0 Å². The molecular weight excluding hydrogens is 219 g/mol. The molecule has 0 aliphatic heterocycles. The molecule has 0 spiro atoms. The molecule has 1 rings (SSSR count). The van der Waals surface area contributed by atoms with Crippen LogP contribution in [-0.4, -0.2) is 21.0 Å². The molecule has 0 radical (unpaired) electrons. The van der Waals surface area contributed by atoms with Gasteiger partial charge in [0.2, 0.25) is 0 Å². The van der Waals surface area contributed by atoms with Gasteiger partial charge < -0.3 is 4.74 Å². The van der Waals surface area contributed by atoms with Gasteiger partial charge in [0.25, 0.3) is 6.36 Å². The second-order valence-corrected chi connectivity index (χ2v) is 4.96. The van der Waals surface area contributed by atoms with Crippen LogP contribution in [0.2, 0.25) is 0 Å². The highest BCUT2D eigenvalue weighted by atomic mass is 32.2. The van der Waals surface area contributed by atoms with E-state index >= 15 is 0 Å². The Balaban J connectivity index is 2.86. The number of alkyl halides is 1.